The van der Waals surface area contributed by atoms with Crippen LogP contribution in [0.25, 0.3) is 0 Å². The first kappa shape index (κ1) is 11.7. The smallest absolute Gasteiger partial charge is 0.263 e. The Balaban J connectivity index is 2.30. The Bertz CT molecular complexity index is 618. The Hall–Kier alpha value is -1.73. The average Bonchev–Trinajstić information content (AvgIpc) is 2.29. The zero-order chi connectivity index (χ0) is 12.3. The Kier molecular flexibility index (Phi) is 3.21. The predicted octanol–water partition coefficient (Wildman–Crippen LogP) is 1.33. The van der Waals surface area contributed by atoms with Crippen LogP contribution in [0.4, 0.5) is 5.82 Å². The lowest BCUT2D eigenvalue weighted by Crippen LogP contribution is -2.14. The minimum absolute atomic E-state index is 0.0507. The number of halogens is 1. The van der Waals surface area contributed by atoms with Gasteiger partial charge in [0.2, 0.25) is 0 Å². The molecule has 0 bridgehead atoms. The summed E-state index contributed by atoms with van der Waals surface area (Å²) in [6, 6.07) is 4.27. The SMILES string of the molecule is O=S(=O)(Nc1cc(Cl)ncn1)c1cccnc1. The summed E-state index contributed by atoms with van der Waals surface area (Å²) in [6.07, 6.45) is 3.90. The second-order valence-corrected chi connectivity index (χ2v) is 5.09. The third-order valence-corrected chi connectivity index (χ3v) is 3.36. The maximum absolute atomic E-state index is 11.9. The van der Waals surface area contributed by atoms with Gasteiger partial charge in [0.05, 0.1) is 0 Å². The number of anilines is 1. The number of hydrogen-bond donors (Lipinski definition) is 1. The van der Waals surface area contributed by atoms with Crippen LogP contribution < -0.4 is 4.72 Å². The second kappa shape index (κ2) is 4.64. The molecule has 0 aliphatic heterocycles. The van der Waals surface area contributed by atoms with Gasteiger partial charge < -0.3 is 0 Å². The van der Waals surface area contributed by atoms with Crippen molar-refractivity contribution in [2.75, 3.05) is 4.72 Å². The number of nitrogens with one attached hydrogen (secondary N) is 1. The first-order valence-electron chi connectivity index (χ1n) is 4.48. The summed E-state index contributed by atoms with van der Waals surface area (Å²) in [5.41, 5.74) is 0. The van der Waals surface area contributed by atoms with Crippen molar-refractivity contribution in [2.24, 2.45) is 0 Å². The maximum Gasteiger partial charge on any atom is 0.264 e. The number of nitrogens with zero attached hydrogens (tertiary/aromatic N) is 3. The summed E-state index contributed by atoms with van der Waals surface area (Å²) in [6.45, 7) is 0. The number of sulfonamides is 1. The van der Waals surface area contributed by atoms with Gasteiger partial charge >= 0.3 is 0 Å². The zero-order valence-corrected chi connectivity index (χ0v) is 9.98. The lowest BCUT2D eigenvalue weighted by molar-refractivity contribution is 0.600. The molecule has 6 nitrogen and oxygen atoms in total. The van der Waals surface area contributed by atoms with E-state index in [1.165, 1.54) is 36.9 Å². The van der Waals surface area contributed by atoms with Gasteiger partial charge in [0.25, 0.3) is 10.0 Å². The molecule has 2 heterocycles. The first-order chi connectivity index (χ1) is 8.08. The molecule has 8 heteroatoms. The van der Waals surface area contributed by atoms with E-state index in [2.05, 4.69) is 19.7 Å². The van der Waals surface area contributed by atoms with E-state index in [9.17, 15) is 8.42 Å². The Morgan fingerprint density at radius 2 is 2.12 bits per heavy atom. The molecule has 0 saturated carbocycles. The van der Waals surface area contributed by atoms with Crippen molar-refractivity contribution >= 4 is 27.4 Å². The first-order valence-corrected chi connectivity index (χ1v) is 6.34. The normalized spacial score (nSPS) is 11.1. The van der Waals surface area contributed by atoms with Crippen LogP contribution in [0.5, 0.6) is 0 Å². The number of hydrogen-bond acceptors (Lipinski definition) is 5. The second-order valence-electron chi connectivity index (χ2n) is 3.02. The minimum Gasteiger partial charge on any atom is -0.263 e. The van der Waals surface area contributed by atoms with E-state index >= 15 is 0 Å². The molecular formula is C9H7ClN4O2S. The van der Waals surface area contributed by atoms with Crippen molar-refractivity contribution in [2.45, 2.75) is 4.90 Å². The average molecular weight is 271 g/mol. The molecule has 2 aromatic heterocycles. The fourth-order valence-electron chi connectivity index (χ4n) is 1.09. The van der Waals surface area contributed by atoms with E-state index in [4.69, 9.17) is 11.6 Å². The van der Waals surface area contributed by atoms with Crippen LogP contribution in [0.2, 0.25) is 5.15 Å². The number of aromatic nitrogens is 3. The van der Waals surface area contributed by atoms with Crippen molar-refractivity contribution in [1.82, 2.24) is 15.0 Å². The van der Waals surface area contributed by atoms with Crippen LogP contribution in [0, 0.1) is 0 Å². The van der Waals surface area contributed by atoms with Crippen LogP contribution in [0.15, 0.2) is 41.8 Å². The summed E-state index contributed by atoms with van der Waals surface area (Å²) >= 11 is 5.62. The van der Waals surface area contributed by atoms with E-state index in [1.54, 1.807) is 0 Å². The molecule has 1 N–H and O–H groups in total. The van der Waals surface area contributed by atoms with E-state index in [0.29, 0.717) is 0 Å². The fourth-order valence-corrected chi connectivity index (χ4v) is 2.20. The predicted molar refractivity (Wildman–Crippen MR) is 62.1 cm³/mol. The molecule has 0 spiro atoms. The largest absolute Gasteiger partial charge is 0.264 e. The molecule has 0 radical (unpaired) electrons. The highest BCUT2D eigenvalue weighted by Crippen LogP contribution is 2.14. The summed E-state index contributed by atoms with van der Waals surface area (Å²) in [5, 5.41) is 0.156. The zero-order valence-electron chi connectivity index (χ0n) is 8.41. The summed E-state index contributed by atoms with van der Waals surface area (Å²) in [4.78, 5) is 11.2. The molecule has 88 valence electrons. The van der Waals surface area contributed by atoms with Crippen molar-refractivity contribution in [3.63, 3.8) is 0 Å². The summed E-state index contributed by atoms with van der Waals surface area (Å²) < 4.78 is 26.0. The number of rotatable bonds is 3. The molecule has 0 aliphatic carbocycles. The molecular weight excluding hydrogens is 264 g/mol. The molecule has 0 atom stereocenters. The highest BCUT2D eigenvalue weighted by molar-refractivity contribution is 7.92. The molecule has 0 aromatic carbocycles. The summed E-state index contributed by atoms with van der Waals surface area (Å²) in [5.74, 6) is 0.105. The molecule has 0 saturated heterocycles. The van der Waals surface area contributed by atoms with Crippen molar-refractivity contribution in [3.8, 4) is 0 Å². The van der Waals surface area contributed by atoms with E-state index in [-0.39, 0.29) is 15.9 Å². The van der Waals surface area contributed by atoms with Crippen molar-refractivity contribution in [3.05, 3.63) is 42.1 Å². The highest BCUT2D eigenvalue weighted by Gasteiger charge is 2.14. The third kappa shape index (κ3) is 2.89. The Morgan fingerprint density at radius 3 is 2.76 bits per heavy atom. The monoisotopic (exact) mass is 270 g/mol. The minimum atomic E-state index is -3.69. The highest BCUT2D eigenvalue weighted by atomic mass is 35.5. The lowest BCUT2D eigenvalue weighted by atomic mass is 10.5. The van der Waals surface area contributed by atoms with E-state index < -0.39 is 10.0 Å². The van der Waals surface area contributed by atoms with Gasteiger partial charge in [-0.25, -0.2) is 18.4 Å². The van der Waals surface area contributed by atoms with Crippen LogP contribution >= 0.6 is 11.6 Å². The molecule has 0 unspecified atom stereocenters. The van der Waals surface area contributed by atoms with Gasteiger partial charge in [-0.2, -0.15) is 0 Å². The van der Waals surface area contributed by atoms with Crippen LogP contribution in [-0.2, 0) is 10.0 Å². The lowest BCUT2D eigenvalue weighted by Gasteiger charge is -2.06. The van der Waals surface area contributed by atoms with Crippen LogP contribution in [-0.4, -0.2) is 23.4 Å². The van der Waals surface area contributed by atoms with Gasteiger partial charge in [0.15, 0.2) is 0 Å². The molecule has 0 fully saturated rings. The van der Waals surface area contributed by atoms with E-state index in [0.717, 1.165) is 0 Å². The standard InChI is InChI=1S/C9H7ClN4O2S/c10-8-4-9(13-6-12-8)14-17(15,16)7-2-1-3-11-5-7/h1-6H,(H,12,13,14). The molecule has 17 heavy (non-hydrogen) atoms. The van der Waals surface area contributed by atoms with Gasteiger partial charge in [-0.15, -0.1) is 0 Å². The van der Waals surface area contributed by atoms with Gasteiger partial charge in [-0.1, -0.05) is 11.6 Å². The fraction of sp³-hybridized carbons (Fsp3) is 0. The Labute approximate surface area is 103 Å². The maximum atomic E-state index is 11.9. The van der Waals surface area contributed by atoms with Gasteiger partial charge in [-0.3, -0.25) is 9.71 Å². The molecule has 2 aromatic rings. The quantitative estimate of drug-likeness (QED) is 0.851. The topological polar surface area (TPSA) is 84.8 Å². The van der Waals surface area contributed by atoms with Gasteiger partial charge in [0.1, 0.15) is 22.2 Å². The molecule has 0 amide bonds. The van der Waals surface area contributed by atoms with Gasteiger partial charge in [0, 0.05) is 18.5 Å². The molecule has 2 rings (SSSR count). The third-order valence-electron chi connectivity index (χ3n) is 1.82. The van der Waals surface area contributed by atoms with Gasteiger partial charge in [-0.05, 0) is 12.1 Å². The summed E-state index contributed by atoms with van der Waals surface area (Å²) in [7, 11) is -3.69. The molecule has 0 aliphatic rings. The van der Waals surface area contributed by atoms with Crippen molar-refractivity contribution < 1.29 is 8.42 Å². The van der Waals surface area contributed by atoms with E-state index in [1.807, 2.05) is 0 Å². The number of pyridine rings is 1. The van der Waals surface area contributed by atoms with Crippen molar-refractivity contribution in [1.29, 1.82) is 0 Å². The Morgan fingerprint density at radius 1 is 1.29 bits per heavy atom. The van der Waals surface area contributed by atoms with Crippen LogP contribution in [0.3, 0.4) is 0 Å². The van der Waals surface area contributed by atoms with Crippen LogP contribution in [0.1, 0.15) is 0 Å².